The van der Waals surface area contributed by atoms with Gasteiger partial charge in [0.05, 0.1) is 6.61 Å². The van der Waals surface area contributed by atoms with Crippen LogP contribution in [-0.2, 0) is 0 Å². The average Bonchev–Trinajstić information content (AvgIpc) is 1.90. The van der Waals surface area contributed by atoms with Gasteiger partial charge in [-0.2, -0.15) is 0 Å². The Labute approximate surface area is 53.8 Å². The summed E-state index contributed by atoms with van der Waals surface area (Å²) in [5, 5.41) is 8.41. The van der Waals surface area contributed by atoms with Gasteiger partial charge in [-0.05, 0) is 6.08 Å². The van der Waals surface area contributed by atoms with Gasteiger partial charge in [-0.1, -0.05) is 19.2 Å². The van der Waals surface area contributed by atoms with Crippen molar-refractivity contribution in [3.63, 3.8) is 0 Å². The van der Waals surface area contributed by atoms with Crippen LogP contribution in [0.15, 0.2) is 36.7 Å². The second-order valence-corrected chi connectivity index (χ2v) is 1.44. The van der Waals surface area contributed by atoms with Crippen molar-refractivity contribution in [3.8, 4) is 0 Å². The molecule has 0 aliphatic carbocycles. The first kappa shape index (κ1) is 8.11. The third-order valence-corrected chi connectivity index (χ3v) is 0.903. The van der Waals surface area contributed by atoms with Gasteiger partial charge in [0.2, 0.25) is 0 Å². The molecule has 0 aromatic rings. The normalized spacial score (nSPS) is 12.2. The summed E-state index contributed by atoms with van der Waals surface area (Å²) in [4.78, 5) is 0. The molecule has 0 spiro atoms. The summed E-state index contributed by atoms with van der Waals surface area (Å²) in [6, 6.07) is 0. The smallest absolute Gasteiger partial charge is 0.128 e. The second-order valence-electron chi connectivity index (χ2n) is 1.44. The van der Waals surface area contributed by atoms with Crippen molar-refractivity contribution in [2.75, 3.05) is 6.61 Å². The maximum absolute atomic E-state index is 12.3. The number of rotatable bonds is 3. The van der Waals surface area contributed by atoms with E-state index in [-0.39, 0.29) is 12.2 Å². The highest BCUT2D eigenvalue weighted by atomic mass is 19.1. The molecule has 0 aliphatic rings. The Morgan fingerprint density at radius 2 is 2.00 bits per heavy atom. The Hall–Kier alpha value is -0.890. The van der Waals surface area contributed by atoms with Gasteiger partial charge in [0.15, 0.2) is 0 Å². The summed E-state index contributed by atoms with van der Waals surface area (Å²) in [6.07, 6.45) is 2.30. The van der Waals surface area contributed by atoms with Crippen LogP contribution in [0.25, 0.3) is 0 Å². The first-order valence-corrected chi connectivity index (χ1v) is 2.50. The van der Waals surface area contributed by atoms with Crippen LogP contribution < -0.4 is 0 Å². The molecule has 0 heterocycles. The topological polar surface area (TPSA) is 20.2 Å². The summed E-state index contributed by atoms with van der Waals surface area (Å²) < 4.78 is 12.3. The molecule has 0 aliphatic heterocycles. The van der Waals surface area contributed by atoms with Crippen molar-refractivity contribution in [3.05, 3.63) is 36.7 Å². The number of hydrogen-bond acceptors (Lipinski definition) is 1. The van der Waals surface area contributed by atoms with E-state index >= 15 is 0 Å². The van der Waals surface area contributed by atoms with Gasteiger partial charge in [0, 0.05) is 5.57 Å². The van der Waals surface area contributed by atoms with Crippen LogP contribution in [0.3, 0.4) is 0 Å². The number of hydrogen-bond donors (Lipinski definition) is 1. The summed E-state index contributed by atoms with van der Waals surface area (Å²) in [6.45, 7) is 6.15. The standard InChI is InChI=1S/C7H9FO/c1-3-6(5-9)7(8)4-2/h3-4,9H,1-2,5H2/b7-6-. The Bertz CT molecular complexity index is 147. The molecule has 0 radical (unpaired) electrons. The molecule has 1 N–H and O–H groups in total. The minimum Gasteiger partial charge on any atom is -0.392 e. The van der Waals surface area contributed by atoms with Crippen molar-refractivity contribution >= 4 is 0 Å². The number of allylic oxidation sites excluding steroid dienone is 2. The molecular formula is C7H9FO. The van der Waals surface area contributed by atoms with Crippen LogP contribution in [-0.4, -0.2) is 11.7 Å². The van der Waals surface area contributed by atoms with Gasteiger partial charge in [-0.25, -0.2) is 4.39 Å². The molecule has 0 aromatic heterocycles. The second kappa shape index (κ2) is 4.04. The van der Waals surface area contributed by atoms with E-state index in [0.717, 1.165) is 6.08 Å². The quantitative estimate of drug-likeness (QED) is 0.572. The van der Waals surface area contributed by atoms with Gasteiger partial charge in [-0.3, -0.25) is 0 Å². The van der Waals surface area contributed by atoms with Gasteiger partial charge in [0.25, 0.3) is 0 Å². The molecule has 0 rings (SSSR count). The van der Waals surface area contributed by atoms with Crippen molar-refractivity contribution in [2.24, 2.45) is 0 Å². The van der Waals surface area contributed by atoms with Crippen LogP contribution in [0.4, 0.5) is 4.39 Å². The molecule has 0 unspecified atom stereocenters. The van der Waals surface area contributed by atoms with E-state index in [1.54, 1.807) is 0 Å². The lowest BCUT2D eigenvalue weighted by Gasteiger charge is -1.93. The monoisotopic (exact) mass is 128 g/mol. The molecular weight excluding hydrogens is 119 g/mol. The number of aliphatic hydroxyl groups excluding tert-OH is 1. The molecule has 2 heteroatoms. The molecule has 50 valence electrons. The van der Waals surface area contributed by atoms with E-state index in [1.165, 1.54) is 6.08 Å². The first-order valence-electron chi connectivity index (χ1n) is 2.50. The van der Waals surface area contributed by atoms with E-state index in [0.29, 0.717) is 0 Å². The van der Waals surface area contributed by atoms with Gasteiger partial charge in [-0.15, -0.1) is 0 Å². The third-order valence-electron chi connectivity index (χ3n) is 0.903. The fraction of sp³-hybridized carbons (Fsp3) is 0.143. The van der Waals surface area contributed by atoms with Crippen LogP contribution in [0.1, 0.15) is 0 Å². The zero-order valence-electron chi connectivity index (χ0n) is 5.10. The maximum Gasteiger partial charge on any atom is 0.128 e. The summed E-state index contributed by atoms with van der Waals surface area (Å²) in [7, 11) is 0. The van der Waals surface area contributed by atoms with E-state index in [1.807, 2.05) is 0 Å². The highest BCUT2D eigenvalue weighted by Gasteiger charge is 1.94. The first-order chi connectivity index (χ1) is 4.26. The lowest BCUT2D eigenvalue weighted by molar-refractivity contribution is 0.331. The largest absolute Gasteiger partial charge is 0.392 e. The molecule has 0 atom stereocenters. The van der Waals surface area contributed by atoms with Gasteiger partial charge < -0.3 is 5.11 Å². The predicted molar refractivity (Wildman–Crippen MR) is 35.6 cm³/mol. The van der Waals surface area contributed by atoms with E-state index < -0.39 is 5.83 Å². The third kappa shape index (κ3) is 2.24. The van der Waals surface area contributed by atoms with E-state index in [9.17, 15) is 4.39 Å². The van der Waals surface area contributed by atoms with E-state index in [4.69, 9.17) is 5.11 Å². The van der Waals surface area contributed by atoms with Gasteiger partial charge in [0.1, 0.15) is 5.83 Å². The van der Waals surface area contributed by atoms with Gasteiger partial charge >= 0.3 is 0 Å². The molecule has 9 heavy (non-hydrogen) atoms. The van der Waals surface area contributed by atoms with Crippen molar-refractivity contribution in [1.29, 1.82) is 0 Å². The Morgan fingerprint density at radius 3 is 2.11 bits per heavy atom. The summed E-state index contributed by atoms with van der Waals surface area (Å²) >= 11 is 0. The highest BCUT2D eigenvalue weighted by Crippen LogP contribution is 2.06. The van der Waals surface area contributed by atoms with Crippen LogP contribution in [0.2, 0.25) is 0 Å². The summed E-state index contributed by atoms with van der Waals surface area (Å²) in [5.74, 6) is -0.521. The lowest BCUT2D eigenvalue weighted by atomic mass is 10.2. The number of aliphatic hydroxyl groups is 1. The average molecular weight is 128 g/mol. The molecule has 0 amide bonds. The molecule has 0 saturated carbocycles. The Balaban J connectivity index is 4.36. The van der Waals surface area contributed by atoms with Crippen molar-refractivity contribution in [2.45, 2.75) is 0 Å². The minimum absolute atomic E-state index is 0.171. The zero-order chi connectivity index (χ0) is 7.28. The fourth-order valence-electron chi connectivity index (χ4n) is 0.369. The lowest BCUT2D eigenvalue weighted by Crippen LogP contribution is -1.87. The molecule has 0 saturated heterocycles. The molecule has 0 fully saturated rings. The minimum atomic E-state index is -0.521. The zero-order valence-corrected chi connectivity index (χ0v) is 5.10. The number of halogens is 1. The molecule has 1 nitrogen and oxygen atoms in total. The summed E-state index contributed by atoms with van der Waals surface area (Å²) in [5.41, 5.74) is 0.171. The fourth-order valence-corrected chi connectivity index (χ4v) is 0.369. The predicted octanol–water partition coefficient (Wildman–Crippen LogP) is 1.57. The Kier molecular flexibility index (Phi) is 3.64. The SMILES string of the molecule is C=C/C(F)=C(\C=C)CO. The Morgan fingerprint density at radius 1 is 1.44 bits per heavy atom. The van der Waals surface area contributed by atoms with Crippen LogP contribution in [0, 0.1) is 0 Å². The molecule has 0 aromatic carbocycles. The highest BCUT2D eigenvalue weighted by molar-refractivity contribution is 5.26. The maximum atomic E-state index is 12.3. The molecule has 0 bridgehead atoms. The van der Waals surface area contributed by atoms with E-state index in [2.05, 4.69) is 13.2 Å². The van der Waals surface area contributed by atoms with Crippen molar-refractivity contribution < 1.29 is 9.50 Å². The van der Waals surface area contributed by atoms with Crippen LogP contribution >= 0.6 is 0 Å². The van der Waals surface area contributed by atoms with Crippen molar-refractivity contribution in [1.82, 2.24) is 0 Å². The van der Waals surface area contributed by atoms with Crippen LogP contribution in [0.5, 0.6) is 0 Å².